The highest BCUT2D eigenvalue weighted by Crippen LogP contribution is 2.27. The Morgan fingerprint density at radius 2 is 1.57 bits per heavy atom. The molecule has 1 aliphatic rings. The Balaban J connectivity index is 2.88. The van der Waals surface area contributed by atoms with Crippen LogP contribution in [-0.2, 0) is 9.59 Å². The molecule has 0 bridgehead atoms. The van der Waals surface area contributed by atoms with E-state index in [4.69, 9.17) is 5.11 Å². The van der Waals surface area contributed by atoms with Gasteiger partial charge < -0.3 is 21.1 Å². The summed E-state index contributed by atoms with van der Waals surface area (Å²) in [5, 5.41) is 16.6. The van der Waals surface area contributed by atoms with Gasteiger partial charge in [-0.05, 0) is 24.2 Å². The summed E-state index contributed by atoms with van der Waals surface area (Å²) in [6, 6.07) is -1.54. The standard InChI is InChI=1S/C16H29N3O4/c1-16(2,3)12(19-15(22)23)14(21)18-11(13(20)17-4)10-8-6-5-7-9-10/h10-12,19H,5-9H2,1-4H3,(H,17,20)(H,18,21)(H,22,23)/t11?,12-/m1/s1. The third-order valence-corrected chi connectivity index (χ3v) is 4.34. The minimum atomic E-state index is -1.26. The SMILES string of the molecule is CNC(=O)C(NC(=O)[C@@H](NC(=O)O)C(C)(C)C)C1CCCCC1. The molecule has 7 heteroatoms. The van der Waals surface area contributed by atoms with Gasteiger partial charge in [0.25, 0.3) is 0 Å². The average molecular weight is 327 g/mol. The predicted octanol–water partition coefficient (Wildman–Crippen LogP) is 1.48. The van der Waals surface area contributed by atoms with E-state index in [0.29, 0.717) is 0 Å². The molecule has 3 amide bonds. The number of hydrogen-bond acceptors (Lipinski definition) is 3. The van der Waals surface area contributed by atoms with E-state index in [1.165, 1.54) is 0 Å². The summed E-state index contributed by atoms with van der Waals surface area (Å²) in [6.45, 7) is 5.34. The third kappa shape index (κ3) is 5.73. The molecule has 0 aromatic carbocycles. The van der Waals surface area contributed by atoms with Crippen LogP contribution in [0.5, 0.6) is 0 Å². The molecule has 1 saturated carbocycles. The maximum atomic E-state index is 12.6. The number of amides is 3. The Labute approximate surface area is 137 Å². The second-order valence-electron chi connectivity index (χ2n) is 7.25. The lowest BCUT2D eigenvalue weighted by atomic mass is 9.82. The highest BCUT2D eigenvalue weighted by Gasteiger charge is 2.37. The molecule has 0 aromatic heterocycles. The maximum Gasteiger partial charge on any atom is 0.405 e. The lowest BCUT2D eigenvalue weighted by molar-refractivity contribution is -0.132. The summed E-state index contributed by atoms with van der Waals surface area (Å²) in [4.78, 5) is 35.7. The fraction of sp³-hybridized carbons (Fsp3) is 0.812. The minimum absolute atomic E-state index is 0.0955. The summed E-state index contributed by atoms with van der Waals surface area (Å²) >= 11 is 0. The summed E-state index contributed by atoms with van der Waals surface area (Å²) in [6.07, 6.45) is 3.77. The van der Waals surface area contributed by atoms with E-state index in [-0.39, 0.29) is 11.8 Å². The normalized spacial score (nSPS) is 18.6. The van der Waals surface area contributed by atoms with Gasteiger partial charge in [-0.15, -0.1) is 0 Å². The van der Waals surface area contributed by atoms with Crippen molar-refractivity contribution in [3.63, 3.8) is 0 Å². The first-order chi connectivity index (χ1) is 10.7. The van der Waals surface area contributed by atoms with Crippen molar-refractivity contribution in [2.45, 2.75) is 65.0 Å². The summed E-state index contributed by atoms with van der Waals surface area (Å²) < 4.78 is 0. The quantitative estimate of drug-likeness (QED) is 0.613. The molecule has 1 aliphatic carbocycles. The first-order valence-electron chi connectivity index (χ1n) is 8.18. The van der Waals surface area contributed by atoms with Crippen molar-refractivity contribution >= 4 is 17.9 Å². The van der Waals surface area contributed by atoms with Gasteiger partial charge in [0.2, 0.25) is 11.8 Å². The fourth-order valence-corrected chi connectivity index (χ4v) is 3.06. The molecule has 23 heavy (non-hydrogen) atoms. The average Bonchev–Trinajstić information content (AvgIpc) is 2.49. The van der Waals surface area contributed by atoms with Crippen molar-refractivity contribution in [1.29, 1.82) is 0 Å². The van der Waals surface area contributed by atoms with Gasteiger partial charge in [-0.3, -0.25) is 9.59 Å². The zero-order chi connectivity index (χ0) is 17.6. The number of carboxylic acid groups (broad SMARTS) is 1. The highest BCUT2D eigenvalue weighted by molar-refractivity contribution is 5.91. The van der Waals surface area contributed by atoms with Gasteiger partial charge in [0.1, 0.15) is 12.1 Å². The molecule has 0 radical (unpaired) electrons. The number of hydrogen-bond donors (Lipinski definition) is 4. The van der Waals surface area contributed by atoms with E-state index >= 15 is 0 Å². The van der Waals surface area contributed by atoms with Gasteiger partial charge in [-0.2, -0.15) is 0 Å². The number of rotatable bonds is 5. The first-order valence-corrected chi connectivity index (χ1v) is 8.18. The molecule has 0 aromatic rings. The zero-order valence-electron chi connectivity index (χ0n) is 14.4. The minimum Gasteiger partial charge on any atom is -0.465 e. The molecule has 0 aliphatic heterocycles. The van der Waals surface area contributed by atoms with E-state index in [9.17, 15) is 14.4 Å². The Bertz CT molecular complexity index is 439. The Morgan fingerprint density at radius 3 is 2.00 bits per heavy atom. The van der Waals surface area contributed by atoms with Crippen molar-refractivity contribution in [2.75, 3.05) is 7.05 Å². The topological polar surface area (TPSA) is 108 Å². The van der Waals surface area contributed by atoms with Crippen LogP contribution in [0.2, 0.25) is 0 Å². The van der Waals surface area contributed by atoms with Crippen LogP contribution >= 0.6 is 0 Å². The molecule has 7 nitrogen and oxygen atoms in total. The molecular weight excluding hydrogens is 298 g/mol. The van der Waals surface area contributed by atoms with Crippen molar-refractivity contribution in [1.82, 2.24) is 16.0 Å². The summed E-state index contributed by atoms with van der Waals surface area (Å²) in [5.41, 5.74) is -0.595. The van der Waals surface area contributed by atoms with Crippen LogP contribution in [0.3, 0.4) is 0 Å². The second kappa shape index (κ2) is 8.17. The van der Waals surface area contributed by atoms with Gasteiger partial charge in [-0.1, -0.05) is 40.0 Å². The maximum absolute atomic E-state index is 12.6. The largest absolute Gasteiger partial charge is 0.465 e. The van der Waals surface area contributed by atoms with Gasteiger partial charge in [-0.25, -0.2) is 4.79 Å². The Morgan fingerprint density at radius 1 is 1.00 bits per heavy atom. The van der Waals surface area contributed by atoms with Gasteiger partial charge in [0, 0.05) is 7.05 Å². The predicted molar refractivity (Wildman–Crippen MR) is 87.0 cm³/mol. The van der Waals surface area contributed by atoms with Crippen LogP contribution in [-0.4, -0.2) is 42.1 Å². The molecule has 1 unspecified atom stereocenters. The molecule has 0 saturated heterocycles. The molecule has 0 spiro atoms. The summed E-state index contributed by atoms with van der Waals surface area (Å²) in [5.74, 6) is -0.592. The molecular formula is C16H29N3O4. The van der Waals surface area contributed by atoms with Crippen molar-refractivity contribution < 1.29 is 19.5 Å². The van der Waals surface area contributed by atoms with Gasteiger partial charge in [0.15, 0.2) is 0 Å². The second-order valence-corrected chi connectivity index (χ2v) is 7.25. The van der Waals surface area contributed by atoms with Crippen LogP contribution < -0.4 is 16.0 Å². The van der Waals surface area contributed by atoms with Crippen LogP contribution in [0.15, 0.2) is 0 Å². The number of carbonyl (C=O) groups excluding carboxylic acids is 2. The van der Waals surface area contributed by atoms with Crippen LogP contribution in [0.1, 0.15) is 52.9 Å². The molecule has 0 heterocycles. The van der Waals surface area contributed by atoms with Crippen LogP contribution in [0, 0.1) is 11.3 Å². The van der Waals surface area contributed by atoms with Crippen molar-refractivity contribution in [3.05, 3.63) is 0 Å². The monoisotopic (exact) mass is 327 g/mol. The van der Waals surface area contributed by atoms with E-state index in [1.54, 1.807) is 27.8 Å². The molecule has 4 N–H and O–H groups in total. The number of likely N-dealkylation sites (N-methyl/N-ethyl adjacent to an activating group) is 1. The number of nitrogens with one attached hydrogen (secondary N) is 3. The van der Waals surface area contributed by atoms with E-state index in [2.05, 4.69) is 16.0 Å². The third-order valence-electron chi connectivity index (χ3n) is 4.34. The first kappa shape index (κ1) is 19.3. The van der Waals surface area contributed by atoms with E-state index < -0.39 is 29.5 Å². The smallest absolute Gasteiger partial charge is 0.405 e. The molecule has 132 valence electrons. The molecule has 1 fully saturated rings. The lowest BCUT2D eigenvalue weighted by Gasteiger charge is -2.34. The Kier molecular flexibility index (Phi) is 6.84. The highest BCUT2D eigenvalue weighted by atomic mass is 16.4. The summed E-state index contributed by atoms with van der Waals surface area (Å²) in [7, 11) is 1.54. The molecule has 1 rings (SSSR count). The van der Waals surface area contributed by atoms with Crippen LogP contribution in [0.25, 0.3) is 0 Å². The molecule has 2 atom stereocenters. The van der Waals surface area contributed by atoms with Gasteiger partial charge in [0.05, 0.1) is 0 Å². The Hall–Kier alpha value is -1.79. The van der Waals surface area contributed by atoms with E-state index in [0.717, 1.165) is 32.1 Å². The fourth-order valence-electron chi connectivity index (χ4n) is 3.06. The van der Waals surface area contributed by atoms with Crippen molar-refractivity contribution in [2.24, 2.45) is 11.3 Å². The zero-order valence-corrected chi connectivity index (χ0v) is 14.4. The van der Waals surface area contributed by atoms with Crippen LogP contribution in [0.4, 0.5) is 4.79 Å². The van der Waals surface area contributed by atoms with E-state index in [1.807, 2.05) is 0 Å². The van der Waals surface area contributed by atoms with Gasteiger partial charge >= 0.3 is 6.09 Å². The number of carbonyl (C=O) groups is 3. The van der Waals surface area contributed by atoms with Crippen molar-refractivity contribution in [3.8, 4) is 0 Å². The lowest BCUT2D eigenvalue weighted by Crippen LogP contribution is -2.59.